The van der Waals surface area contributed by atoms with E-state index in [2.05, 4.69) is 33.0 Å². The van der Waals surface area contributed by atoms with Crippen molar-refractivity contribution in [3.8, 4) is 0 Å². The highest BCUT2D eigenvalue weighted by atomic mass is 16.5. The van der Waals surface area contributed by atoms with Gasteiger partial charge >= 0.3 is 0 Å². The van der Waals surface area contributed by atoms with Gasteiger partial charge in [0.1, 0.15) is 0 Å². The number of likely N-dealkylation sites (N-methyl/N-ethyl adjacent to an activating group) is 1. The highest BCUT2D eigenvalue weighted by Gasteiger charge is 2.13. The third-order valence-electron chi connectivity index (χ3n) is 3.35. The molecule has 0 amide bonds. The van der Waals surface area contributed by atoms with Gasteiger partial charge in [0.15, 0.2) is 0 Å². The molecule has 2 unspecified atom stereocenters. The Morgan fingerprint density at radius 2 is 1.59 bits per heavy atom. The van der Waals surface area contributed by atoms with E-state index in [0.717, 1.165) is 19.6 Å². The summed E-state index contributed by atoms with van der Waals surface area (Å²) in [7, 11) is 0. The second-order valence-corrected chi connectivity index (χ2v) is 4.92. The number of hydrogen-bond donors (Lipinski definition) is 1. The Balaban J connectivity index is 3.39. The molecule has 0 heterocycles. The first kappa shape index (κ1) is 16.9. The molecule has 0 saturated carbocycles. The van der Waals surface area contributed by atoms with E-state index < -0.39 is 0 Å². The number of unbranched alkanes of at least 4 members (excludes halogenated alkanes) is 5. The Labute approximate surface area is 109 Å². The Hall–Kier alpha value is -0.0800. The number of hydrogen-bond acceptors (Lipinski definition) is 2. The van der Waals surface area contributed by atoms with E-state index in [-0.39, 0.29) is 0 Å². The number of rotatable bonds is 12. The van der Waals surface area contributed by atoms with Crippen molar-refractivity contribution in [1.82, 2.24) is 5.32 Å². The van der Waals surface area contributed by atoms with Crippen LogP contribution in [0.25, 0.3) is 0 Å². The van der Waals surface area contributed by atoms with Gasteiger partial charge in [-0.3, -0.25) is 0 Å². The molecule has 0 saturated heterocycles. The summed E-state index contributed by atoms with van der Waals surface area (Å²) in [6, 6.07) is 0.514. The summed E-state index contributed by atoms with van der Waals surface area (Å²) in [6.07, 6.45) is 9.50. The van der Waals surface area contributed by atoms with Crippen LogP contribution in [0.3, 0.4) is 0 Å². The third kappa shape index (κ3) is 9.61. The maximum atomic E-state index is 5.89. The smallest absolute Gasteiger partial charge is 0.0699 e. The number of ether oxygens (including phenoxy) is 1. The molecule has 0 aromatic carbocycles. The quantitative estimate of drug-likeness (QED) is 0.520. The molecule has 17 heavy (non-hydrogen) atoms. The SMILES string of the molecule is CCCCCCCCOC(C)C(CC)NCC. The fourth-order valence-electron chi connectivity index (χ4n) is 2.17. The van der Waals surface area contributed by atoms with Crippen molar-refractivity contribution in [2.45, 2.75) is 84.8 Å². The van der Waals surface area contributed by atoms with Crippen LogP contribution in [-0.2, 0) is 4.74 Å². The van der Waals surface area contributed by atoms with Gasteiger partial charge < -0.3 is 10.1 Å². The lowest BCUT2D eigenvalue weighted by molar-refractivity contribution is 0.0359. The molecule has 0 rings (SSSR count). The molecule has 0 fully saturated rings. The van der Waals surface area contributed by atoms with Gasteiger partial charge in [-0.15, -0.1) is 0 Å². The van der Waals surface area contributed by atoms with Crippen LogP contribution in [0.1, 0.15) is 72.6 Å². The molecule has 0 aromatic heterocycles. The molecule has 0 aromatic rings. The molecule has 0 aliphatic carbocycles. The van der Waals surface area contributed by atoms with Gasteiger partial charge in [0, 0.05) is 12.6 Å². The molecule has 0 radical (unpaired) electrons. The molecule has 2 atom stereocenters. The van der Waals surface area contributed by atoms with Crippen molar-refractivity contribution >= 4 is 0 Å². The Morgan fingerprint density at radius 1 is 0.941 bits per heavy atom. The normalized spacial score (nSPS) is 14.8. The largest absolute Gasteiger partial charge is 0.377 e. The predicted molar refractivity (Wildman–Crippen MR) is 76.5 cm³/mol. The highest BCUT2D eigenvalue weighted by Crippen LogP contribution is 2.07. The van der Waals surface area contributed by atoms with Crippen LogP contribution in [0.15, 0.2) is 0 Å². The van der Waals surface area contributed by atoms with E-state index in [0.29, 0.717) is 12.1 Å². The summed E-state index contributed by atoms with van der Waals surface area (Å²) < 4.78 is 5.89. The third-order valence-corrected chi connectivity index (χ3v) is 3.35. The van der Waals surface area contributed by atoms with E-state index in [1.165, 1.54) is 38.5 Å². The maximum absolute atomic E-state index is 5.89. The minimum atomic E-state index is 0.343. The molecule has 2 heteroatoms. The van der Waals surface area contributed by atoms with E-state index in [1.54, 1.807) is 0 Å². The van der Waals surface area contributed by atoms with E-state index in [1.807, 2.05) is 0 Å². The standard InChI is InChI=1S/C15H33NO/c1-5-8-9-10-11-12-13-17-14(4)15(6-2)16-7-3/h14-16H,5-13H2,1-4H3. The second-order valence-electron chi connectivity index (χ2n) is 4.92. The van der Waals surface area contributed by atoms with Crippen LogP contribution in [-0.4, -0.2) is 25.3 Å². The molecule has 0 bridgehead atoms. The minimum absolute atomic E-state index is 0.343. The van der Waals surface area contributed by atoms with Crippen LogP contribution in [0.5, 0.6) is 0 Å². The Bertz CT molecular complexity index is 150. The lowest BCUT2D eigenvalue weighted by atomic mass is 10.1. The van der Waals surface area contributed by atoms with Crippen molar-refractivity contribution in [1.29, 1.82) is 0 Å². The van der Waals surface area contributed by atoms with Crippen molar-refractivity contribution in [2.24, 2.45) is 0 Å². The fourth-order valence-corrected chi connectivity index (χ4v) is 2.17. The average molecular weight is 243 g/mol. The summed E-state index contributed by atoms with van der Waals surface area (Å²) in [5.74, 6) is 0. The summed E-state index contributed by atoms with van der Waals surface area (Å²) in [5, 5.41) is 3.48. The van der Waals surface area contributed by atoms with Crippen LogP contribution in [0.2, 0.25) is 0 Å². The minimum Gasteiger partial charge on any atom is -0.377 e. The van der Waals surface area contributed by atoms with Crippen LogP contribution in [0, 0.1) is 0 Å². The molecule has 0 aliphatic rings. The summed E-state index contributed by atoms with van der Waals surface area (Å²) in [5.41, 5.74) is 0. The monoisotopic (exact) mass is 243 g/mol. The fraction of sp³-hybridized carbons (Fsp3) is 1.00. The van der Waals surface area contributed by atoms with Gasteiger partial charge in [0.25, 0.3) is 0 Å². The van der Waals surface area contributed by atoms with Gasteiger partial charge in [-0.05, 0) is 26.3 Å². The first-order valence-corrected chi connectivity index (χ1v) is 7.61. The van der Waals surface area contributed by atoms with Gasteiger partial charge in [-0.2, -0.15) is 0 Å². The summed E-state index contributed by atoms with van der Waals surface area (Å²) >= 11 is 0. The Morgan fingerprint density at radius 3 is 2.18 bits per heavy atom. The molecular weight excluding hydrogens is 210 g/mol. The van der Waals surface area contributed by atoms with Gasteiger partial charge in [0.05, 0.1) is 6.10 Å². The topological polar surface area (TPSA) is 21.3 Å². The first-order valence-electron chi connectivity index (χ1n) is 7.61. The predicted octanol–water partition coefficient (Wildman–Crippen LogP) is 4.14. The molecule has 0 aliphatic heterocycles. The first-order chi connectivity index (χ1) is 8.26. The van der Waals surface area contributed by atoms with Gasteiger partial charge in [0.2, 0.25) is 0 Å². The number of nitrogens with one attached hydrogen (secondary N) is 1. The van der Waals surface area contributed by atoms with Gasteiger partial charge in [-0.1, -0.05) is 52.9 Å². The average Bonchev–Trinajstić information content (AvgIpc) is 2.34. The molecule has 1 N–H and O–H groups in total. The molecule has 104 valence electrons. The zero-order chi connectivity index (χ0) is 12.9. The zero-order valence-corrected chi connectivity index (χ0v) is 12.4. The van der Waals surface area contributed by atoms with Crippen LogP contribution in [0.4, 0.5) is 0 Å². The van der Waals surface area contributed by atoms with E-state index >= 15 is 0 Å². The van der Waals surface area contributed by atoms with Crippen LogP contribution >= 0.6 is 0 Å². The van der Waals surface area contributed by atoms with Crippen molar-refractivity contribution in [3.63, 3.8) is 0 Å². The second kappa shape index (κ2) is 12.4. The Kier molecular flexibility index (Phi) is 12.3. The van der Waals surface area contributed by atoms with E-state index in [4.69, 9.17) is 4.74 Å². The van der Waals surface area contributed by atoms with Crippen molar-refractivity contribution < 1.29 is 4.74 Å². The van der Waals surface area contributed by atoms with Gasteiger partial charge in [-0.25, -0.2) is 0 Å². The van der Waals surface area contributed by atoms with Crippen molar-refractivity contribution in [3.05, 3.63) is 0 Å². The summed E-state index contributed by atoms with van der Waals surface area (Å²) in [4.78, 5) is 0. The van der Waals surface area contributed by atoms with Crippen molar-refractivity contribution in [2.75, 3.05) is 13.2 Å². The maximum Gasteiger partial charge on any atom is 0.0699 e. The lowest BCUT2D eigenvalue weighted by Gasteiger charge is -2.23. The lowest BCUT2D eigenvalue weighted by Crippen LogP contribution is -2.39. The van der Waals surface area contributed by atoms with E-state index in [9.17, 15) is 0 Å². The molecule has 0 spiro atoms. The van der Waals surface area contributed by atoms with Crippen LogP contribution < -0.4 is 5.32 Å². The highest BCUT2D eigenvalue weighted by molar-refractivity contribution is 4.71. The summed E-state index contributed by atoms with van der Waals surface area (Å²) in [6.45, 7) is 10.8. The molecule has 2 nitrogen and oxygen atoms in total. The zero-order valence-electron chi connectivity index (χ0n) is 12.4. The molecular formula is C15H33NO.